The van der Waals surface area contributed by atoms with Crippen molar-refractivity contribution in [2.24, 2.45) is 0 Å². The Balaban J connectivity index is 2.11. The Morgan fingerprint density at radius 1 is 1.28 bits per heavy atom. The number of amides is 2. The maximum Gasteiger partial charge on any atom is 0.422 e. The van der Waals surface area contributed by atoms with E-state index in [1.54, 1.807) is 13.0 Å². The molecular formula is C18H18F3IN4O3. The molecule has 0 saturated carbocycles. The second kappa shape index (κ2) is 9.85. The largest absolute Gasteiger partial charge is 0.468 e. The molecule has 0 bridgehead atoms. The zero-order valence-electron chi connectivity index (χ0n) is 15.5. The molecule has 0 aliphatic rings. The molecule has 29 heavy (non-hydrogen) atoms. The standard InChI is InChI=1S/C18H18F3IN4O3/c1-10(25-16(28)12-3-4-23-15(6-12)26-11(2)27)14-5-13(7-22)17(24-8-14)29-9-18(19,20)21/h3-6,8,10H,7,9H2,1-2H3,(H,25,28)(H,23,26,27). The van der Waals surface area contributed by atoms with Gasteiger partial charge >= 0.3 is 6.18 Å². The van der Waals surface area contributed by atoms with E-state index < -0.39 is 24.7 Å². The first-order chi connectivity index (χ1) is 13.6. The van der Waals surface area contributed by atoms with Crippen LogP contribution in [0, 0.1) is 0 Å². The van der Waals surface area contributed by atoms with Gasteiger partial charge in [0, 0.05) is 34.9 Å². The minimum Gasteiger partial charge on any atom is -0.468 e. The van der Waals surface area contributed by atoms with Gasteiger partial charge in [0.2, 0.25) is 11.8 Å². The first-order valence-electron chi connectivity index (χ1n) is 8.38. The van der Waals surface area contributed by atoms with E-state index in [0.29, 0.717) is 21.1 Å². The molecule has 2 aromatic rings. The minimum absolute atomic E-state index is 0.0897. The van der Waals surface area contributed by atoms with Crippen molar-refractivity contribution in [3.05, 3.63) is 47.3 Å². The molecule has 2 amide bonds. The molecule has 0 spiro atoms. The van der Waals surface area contributed by atoms with E-state index in [4.69, 9.17) is 4.74 Å². The molecule has 0 aliphatic heterocycles. The lowest BCUT2D eigenvalue weighted by Crippen LogP contribution is -2.27. The van der Waals surface area contributed by atoms with Gasteiger partial charge in [-0.15, -0.1) is 0 Å². The number of carbonyl (C=O) groups excluding carboxylic acids is 2. The molecule has 2 aromatic heterocycles. The van der Waals surface area contributed by atoms with Gasteiger partial charge < -0.3 is 15.4 Å². The third-order valence-corrected chi connectivity index (χ3v) is 4.46. The molecule has 0 aliphatic carbocycles. The highest BCUT2D eigenvalue weighted by Gasteiger charge is 2.29. The van der Waals surface area contributed by atoms with E-state index >= 15 is 0 Å². The van der Waals surface area contributed by atoms with Crippen molar-refractivity contribution in [2.45, 2.75) is 30.5 Å². The monoisotopic (exact) mass is 522 g/mol. The van der Waals surface area contributed by atoms with Gasteiger partial charge in [0.05, 0.1) is 6.04 Å². The smallest absolute Gasteiger partial charge is 0.422 e. The van der Waals surface area contributed by atoms with Crippen LogP contribution in [-0.4, -0.2) is 34.6 Å². The highest BCUT2D eigenvalue weighted by molar-refractivity contribution is 14.1. The Hall–Kier alpha value is -2.44. The van der Waals surface area contributed by atoms with Crippen LogP contribution in [0.4, 0.5) is 19.0 Å². The molecule has 2 rings (SSSR count). The summed E-state index contributed by atoms with van der Waals surface area (Å²) in [6.07, 6.45) is -1.69. The fourth-order valence-electron chi connectivity index (χ4n) is 2.31. The van der Waals surface area contributed by atoms with E-state index in [2.05, 4.69) is 20.6 Å². The van der Waals surface area contributed by atoms with Crippen molar-refractivity contribution in [3.8, 4) is 5.88 Å². The van der Waals surface area contributed by atoms with Crippen molar-refractivity contribution in [2.75, 3.05) is 11.9 Å². The number of alkyl halides is 4. The maximum atomic E-state index is 12.5. The molecule has 0 aromatic carbocycles. The summed E-state index contributed by atoms with van der Waals surface area (Å²) in [5.74, 6) is -0.556. The summed E-state index contributed by atoms with van der Waals surface area (Å²) in [7, 11) is 0. The van der Waals surface area contributed by atoms with Crippen LogP contribution in [0.2, 0.25) is 0 Å². The highest BCUT2D eigenvalue weighted by Crippen LogP contribution is 2.25. The van der Waals surface area contributed by atoms with Crippen LogP contribution in [0.5, 0.6) is 5.88 Å². The lowest BCUT2D eigenvalue weighted by molar-refractivity contribution is -0.154. The summed E-state index contributed by atoms with van der Waals surface area (Å²) < 4.78 is 42.2. The number of rotatable bonds is 7. The molecule has 7 nitrogen and oxygen atoms in total. The topological polar surface area (TPSA) is 93.2 Å². The van der Waals surface area contributed by atoms with Crippen LogP contribution in [-0.2, 0) is 9.22 Å². The molecule has 0 saturated heterocycles. The first kappa shape index (κ1) is 22.8. The van der Waals surface area contributed by atoms with Crippen LogP contribution in [0.1, 0.15) is 41.4 Å². The predicted molar refractivity (Wildman–Crippen MR) is 108 cm³/mol. The Morgan fingerprint density at radius 2 is 2.00 bits per heavy atom. The van der Waals surface area contributed by atoms with E-state index in [0.717, 1.165) is 0 Å². The van der Waals surface area contributed by atoms with Gasteiger partial charge in [0.15, 0.2) is 6.61 Å². The van der Waals surface area contributed by atoms with Crippen molar-refractivity contribution < 1.29 is 27.5 Å². The molecule has 2 heterocycles. The van der Waals surface area contributed by atoms with E-state index in [-0.39, 0.29) is 17.6 Å². The Bertz CT molecular complexity index is 893. The second-order valence-corrected chi connectivity index (χ2v) is 6.84. The molecule has 1 unspecified atom stereocenters. The number of pyridine rings is 2. The lowest BCUT2D eigenvalue weighted by atomic mass is 10.1. The average Bonchev–Trinajstić information content (AvgIpc) is 2.65. The number of halogens is 4. The fraction of sp³-hybridized carbons (Fsp3) is 0.333. The molecule has 0 radical (unpaired) electrons. The molecule has 156 valence electrons. The zero-order valence-corrected chi connectivity index (χ0v) is 17.7. The van der Waals surface area contributed by atoms with Crippen LogP contribution in [0.15, 0.2) is 30.6 Å². The quantitative estimate of drug-likeness (QED) is 0.427. The van der Waals surface area contributed by atoms with E-state index in [1.165, 1.54) is 31.5 Å². The molecular weight excluding hydrogens is 504 g/mol. The third kappa shape index (κ3) is 7.15. The number of hydrogen-bond acceptors (Lipinski definition) is 5. The predicted octanol–water partition coefficient (Wildman–Crippen LogP) is 3.80. The van der Waals surface area contributed by atoms with Gasteiger partial charge in [0.1, 0.15) is 5.82 Å². The second-order valence-electron chi connectivity index (χ2n) is 6.08. The van der Waals surface area contributed by atoms with Gasteiger partial charge in [-0.05, 0) is 30.7 Å². The van der Waals surface area contributed by atoms with Crippen molar-refractivity contribution >= 4 is 40.2 Å². The summed E-state index contributed by atoms with van der Waals surface area (Å²) in [5, 5.41) is 5.27. The van der Waals surface area contributed by atoms with E-state index in [9.17, 15) is 22.8 Å². The summed E-state index contributed by atoms with van der Waals surface area (Å²) in [5.41, 5.74) is 1.40. The number of aromatic nitrogens is 2. The highest BCUT2D eigenvalue weighted by atomic mass is 127. The summed E-state index contributed by atoms with van der Waals surface area (Å²) in [4.78, 5) is 31.5. The maximum absolute atomic E-state index is 12.5. The van der Waals surface area contributed by atoms with Gasteiger partial charge in [0.25, 0.3) is 5.91 Å². The first-order valence-corrected chi connectivity index (χ1v) is 9.90. The summed E-state index contributed by atoms with van der Waals surface area (Å²) in [6, 6.07) is 4.11. The SMILES string of the molecule is CC(=O)Nc1cc(C(=O)NC(C)c2cnc(OCC(F)(F)F)c(CI)c2)ccn1. The number of nitrogens with zero attached hydrogens (tertiary/aromatic N) is 2. The summed E-state index contributed by atoms with van der Waals surface area (Å²) in [6.45, 7) is 1.63. The van der Waals surface area contributed by atoms with Gasteiger partial charge in [-0.2, -0.15) is 13.2 Å². The van der Waals surface area contributed by atoms with Crippen molar-refractivity contribution in [1.29, 1.82) is 0 Å². The number of anilines is 1. The molecule has 0 fully saturated rings. The lowest BCUT2D eigenvalue weighted by Gasteiger charge is -2.17. The normalized spacial score (nSPS) is 12.2. The summed E-state index contributed by atoms with van der Waals surface area (Å²) >= 11 is 2.00. The number of nitrogens with one attached hydrogen (secondary N) is 2. The molecule has 11 heteroatoms. The number of carbonyl (C=O) groups is 2. The zero-order chi connectivity index (χ0) is 21.6. The van der Waals surface area contributed by atoms with Gasteiger partial charge in [-0.3, -0.25) is 9.59 Å². The van der Waals surface area contributed by atoms with E-state index in [1.807, 2.05) is 22.6 Å². The Morgan fingerprint density at radius 3 is 2.62 bits per heavy atom. The number of hydrogen-bond donors (Lipinski definition) is 2. The minimum atomic E-state index is -4.45. The van der Waals surface area contributed by atoms with Crippen LogP contribution in [0.25, 0.3) is 0 Å². The van der Waals surface area contributed by atoms with Crippen molar-refractivity contribution in [3.63, 3.8) is 0 Å². The Kier molecular flexibility index (Phi) is 7.76. The third-order valence-electron chi connectivity index (χ3n) is 3.64. The van der Waals surface area contributed by atoms with Crippen LogP contribution in [0.3, 0.4) is 0 Å². The van der Waals surface area contributed by atoms with Crippen LogP contribution < -0.4 is 15.4 Å². The average molecular weight is 522 g/mol. The Labute approximate surface area is 178 Å². The van der Waals surface area contributed by atoms with Crippen LogP contribution >= 0.6 is 22.6 Å². The fourth-order valence-corrected chi connectivity index (χ4v) is 2.86. The van der Waals surface area contributed by atoms with Gasteiger partial charge in [-0.1, -0.05) is 22.6 Å². The molecule has 1 atom stereocenters. The molecule has 2 N–H and O–H groups in total. The number of ether oxygens (including phenoxy) is 1. The van der Waals surface area contributed by atoms with Gasteiger partial charge in [-0.25, -0.2) is 9.97 Å². The van der Waals surface area contributed by atoms with Crippen molar-refractivity contribution in [1.82, 2.24) is 15.3 Å².